The smallest absolute Gasteiger partial charge is 0.256 e. The molecule has 0 bridgehead atoms. The van der Waals surface area contributed by atoms with E-state index in [9.17, 15) is 4.79 Å². The van der Waals surface area contributed by atoms with E-state index in [0.717, 1.165) is 16.9 Å². The number of thiocarbonyl (C=S) groups is 1. The first-order valence-electron chi connectivity index (χ1n) is 7.14. The highest BCUT2D eigenvalue weighted by Gasteiger charge is 2.52. The lowest BCUT2D eigenvalue weighted by atomic mass is 9.80. The van der Waals surface area contributed by atoms with Crippen LogP contribution < -0.4 is 15.4 Å². The Balaban J connectivity index is 1.84. The molecule has 0 radical (unpaired) electrons. The van der Waals surface area contributed by atoms with Gasteiger partial charge in [-0.1, -0.05) is 48.5 Å². The normalized spacial score (nSPS) is 26.1. The standard InChI is InChI=1S/C17H14N2O2S/c20-15-17(19-16(22)18-15)10-14(11-6-2-1-3-7-11)21-13-9-5-4-8-12(13)17/h1-9,14H,10H2,(H2,18,19,20,22). The second-order valence-electron chi connectivity index (χ2n) is 5.53. The Bertz CT molecular complexity index is 762. The Labute approximate surface area is 133 Å². The molecule has 1 amide bonds. The maximum atomic E-state index is 12.6. The predicted octanol–water partition coefficient (Wildman–Crippen LogP) is 2.41. The summed E-state index contributed by atoms with van der Waals surface area (Å²) in [4.78, 5) is 12.6. The van der Waals surface area contributed by atoms with Gasteiger partial charge in [0.15, 0.2) is 10.7 Å². The number of nitrogens with one attached hydrogen (secondary N) is 2. The number of para-hydroxylation sites is 1. The zero-order valence-corrected chi connectivity index (χ0v) is 12.5. The summed E-state index contributed by atoms with van der Waals surface area (Å²) in [5, 5.41) is 6.25. The van der Waals surface area contributed by atoms with Crippen molar-refractivity contribution in [2.45, 2.75) is 18.1 Å². The number of hydrogen-bond donors (Lipinski definition) is 2. The van der Waals surface area contributed by atoms with Gasteiger partial charge < -0.3 is 15.4 Å². The summed E-state index contributed by atoms with van der Waals surface area (Å²) < 4.78 is 6.13. The molecule has 0 saturated carbocycles. The quantitative estimate of drug-likeness (QED) is 0.794. The maximum Gasteiger partial charge on any atom is 0.256 e. The highest BCUT2D eigenvalue weighted by Crippen LogP contribution is 2.45. The SMILES string of the molecule is O=C1NC(=S)NC12CC(c1ccccc1)Oc1ccccc12. The largest absolute Gasteiger partial charge is 0.485 e. The Morgan fingerprint density at radius 1 is 1.09 bits per heavy atom. The highest BCUT2D eigenvalue weighted by atomic mass is 32.1. The van der Waals surface area contributed by atoms with Crippen molar-refractivity contribution in [1.29, 1.82) is 0 Å². The van der Waals surface area contributed by atoms with Gasteiger partial charge in [-0.2, -0.15) is 0 Å². The van der Waals surface area contributed by atoms with E-state index < -0.39 is 5.54 Å². The maximum absolute atomic E-state index is 12.6. The van der Waals surface area contributed by atoms with Crippen molar-refractivity contribution >= 4 is 23.2 Å². The minimum Gasteiger partial charge on any atom is -0.485 e. The van der Waals surface area contributed by atoms with Crippen molar-refractivity contribution in [3.8, 4) is 5.75 Å². The van der Waals surface area contributed by atoms with Crippen LogP contribution >= 0.6 is 12.2 Å². The predicted molar refractivity (Wildman–Crippen MR) is 86.4 cm³/mol. The molecule has 0 aromatic heterocycles. The molecule has 2 unspecified atom stereocenters. The first-order valence-corrected chi connectivity index (χ1v) is 7.54. The van der Waals surface area contributed by atoms with Crippen LogP contribution in [-0.4, -0.2) is 11.0 Å². The van der Waals surface area contributed by atoms with E-state index in [4.69, 9.17) is 17.0 Å². The average molecular weight is 310 g/mol. The van der Waals surface area contributed by atoms with Gasteiger partial charge >= 0.3 is 0 Å². The fraction of sp³-hybridized carbons (Fsp3) is 0.176. The van der Waals surface area contributed by atoms with Gasteiger partial charge in [0.05, 0.1) is 0 Å². The highest BCUT2D eigenvalue weighted by molar-refractivity contribution is 7.80. The van der Waals surface area contributed by atoms with Gasteiger partial charge in [0, 0.05) is 12.0 Å². The Morgan fingerprint density at radius 3 is 2.55 bits per heavy atom. The fourth-order valence-corrected chi connectivity index (χ4v) is 3.45. The van der Waals surface area contributed by atoms with Crippen LogP contribution in [0.1, 0.15) is 23.7 Å². The third kappa shape index (κ3) is 1.89. The first-order chi connectivity index (χ1) is 10.7. The van der Waals surface area contributed by atoms with Gasteiger partial charge in [-0.05, 0) is 23.8 Å². The number of hydrogen-bond acceptors (Lipinski definition) is 3. The Hall–Kier alpha value is -2.40. The van der Waals surface area contributed by atoms with Gasteiger partial charge in [-0.3, -0.25) is 4.79 Å². The van der Waals surface area contributed by atoms with Crippen molar-refractivity contribution < 1.29 is 9.53 Å². The van der Waals surface area contributed by atoms with Crippen molar-refractivity contribution in [1.82, 2.24) is 10.6 Å². The Morgan fingerprint density at radius 2 is 1.82 bits per heavy atom. The molecular formula is C17H14N2O2S. The molecule has 1 fully saturated rings. The molecule has 0 aliphatic carbocycles. The number of ether oxygens (including phenoxy) is 1. The molecule has 2 N–H and O–H groups in total. The summed E-state index contributed by atoms with van der Waals surface area (Å²) in [5.74, 6) is 0.601. The first kappa shape index (κ1) is 13.3. The van der Waals surface area contributed by atoms with Crippen molar-refractivity contribution in [3.05, 3.63) is 65.7 Å². The molecule has 2 heterocycles. The minimum atomic E-state index is -0.855. The summed E-state index contributed by atoms with van der Waals surface area (Å²) in [6.45, 7) is 0. The lowest BCUT2D eigenvalue weighted by Gasteiger charge is -2.38. The zero-order valence-electron chi connectivity index (χ0n) is 11.7. The number of carbonyl (C=O) groups excluding carboxylic acids is 1. The molecule has 1 saturated heterocycles. The van der Waals surface area contributed by atoms with Crippen LogP contribution in [0.4, 0.5) is 0 Å². The van der Waals surface area contributed by atoms with Crippen LogP contribution in [0, 0.1) is 0 Å². The van der Waals surface area contributed by atoms with E-state index in [1.807, 2.05) is 54.6 Å². The topological polar surface area (TPSA) is 50.4 Å². The second kappa shape index (κ2) is 4.81. The summed E-state index contributed by atoms with van der Waals surface area (Å²) in [7, 11) is 0. The van der Waals surface area contributed by atoms with E-state index in [1.54, 1.807) is 0 Å². The van der Waals surface area contributed by atoms with Gasteiger partial charge in [-0.25, -0.2) is 0 Å². The molecule has 2 atom stereocenters. The molecule has 4 nitrogen and oxygen atoms in total. The average Bonchev–Trinajstić information content (AvgIpc) is 2.82. The molecule has 1 spiro atoms. The zero-order chi connectivity index (χ0) is 15.2. The lowest BCUT2D eigenvalue weighted by Crippen LogP contribution is -2.48. The molecule has 2 aliphatic rings. The van der Waals surface area contributed by atoms with Crippen LogP contribution in [0.5, 0.6) is 5.75 Å². The number of amides is 1. The van der Waals surface area contributed by atoms with Crippen LogP contribution in [0.15, 0.2) is 54.6 Å². The molecule has 110 valence electrons. The molecule has 22 heavy (non-hydrogen) atoms. The number of fused-ring (bicyclic) bond motifs is 2. The number of rotatable bonds is 1. The molecule has 2 aromatic carbocycles. The van der Waals surface area contributed by atoms with Gasteiger partial charge in [-0.15, -0.1) is 0 Å². The van der Waals surface area contributed by atoms with E-state index >= 15 is 0 Å². The third-order valence-corrected chi connectivity index (χ3v) is 4.42. The van der Waals surface area contributed by atoms with Crippen LogP contribution in [0.25, 0.3) is 0 Å². The molecule has 2 aromatic rings. The number of benzene rings is 2. The van der Waals surface area contributed by atoms with Crippen molar-refractivity contribution in [3.63, 3.8) is 0 Å². The van der Waals surface area contributed by atoms with E-state index in [0.29, 0.717) is 11.5 Å². The van der Waals surface area contributed by atoms with Crippen molar-refractivity contribution in [2.24, 2.45) is 0 Å². The summed E-state index contributed by atoms with van der Waals surface area (Å²) in [6, 6.07) is 17.5. The van der Waals surface area contributed by atoms with Crippen LogP contribution in [0.2, 0.25) is 0 Å². The lowest BCUT2D eigenvalue weighted by molar-refractivity contribution is -0.126. The summed E-state index contributed by atoms with van der Waals surface area (Å²) in [5.41, 5.74) is 1.02. The van der Waals surface area contributed by atoms with Crippen LogP contribution in [-0.2, 0) is 10.3 Å². The van der Waals surface area contributed by atoms with Gasteiger partial charge in [0.1, 0.15) is 11.9 Å². The molecular weight excluding hydrogens is 296 g/mol. The van der Waals surface area contributed by atoms with Gasteiger partial charge in [0.2, 0.25) is 0 Å². The molecule has 4 rings (SSSR count). The monoisotopic (exact) mass is 310 g/mol. The second-order valence-corrected chi connectivity index (χ2v) is 5.94. The third-order valence-electron chi connectivity index (χ3n) is 4.22. The van der Waals surface area contributed by atoms with Crippen molar-refractivity contribution in [2.75, 3.05) is 0 Å². The minimum absolute atomic E-state index is 0.116. The molecule has 5 heteroatoms. The van der Waals surface area contributed by atoms with E-state index in [-0.39, 0.29) is 12.0 Å². The van der Waals surface area contributed by atoms with E-state index in [1.165, 1.54) is 0 Å². The molecule has 2 aliphatic heterocycles. The van der Waals surface area contributed by atoms with Crippen LogP contribution in [0.3, 0.4) is 0 Å². The summed E-state index contributed by atoms with van der Waals surface area (Å²) >= 11 is 5.15. The Kier molecular flexibility index (Phi) is 2.90. The van der Waals surface area contributed by atoms with E-state index in [2.05, 4.69) is 10.6 Å². The van der Waals surface area contributed by atoms with Gasteiger partial charge in [0.25, 0.3) is 5.91 Å². The fourth-order valence-electron chi connectivity index (χ4n) is 3.18. The number of carbonyl (C=O) groups is 1. The summed E-state index contributed by atoms with van der Waals surface area (Å²) in [6.07, 6.45) is 0.301.